The number of rotatable bonds is 3. The van der Waals surface area contributed by atoms with Gasteiger partial charge in [0, 0.05) is 18.0 Å². The van der Waals surface area contributed by atoms with Crippen LogP contribution in [0, 0.1) is 0 Å². The topological polar surface area (TPSA) is 38.9 Å². The van der Waals surface area contributed by atoms with E-state index in [-0.39, 0.29) is 6.04 Å². The minimum Gasteiger partial charge on any atom is -0.327 e. The zero-order chi connectivity index (χ0) is 8.97. The first-order valence-electron chi connectivity index (χ1n) is 3.68. The van der Waals surface area contributed by atoms with E-state index in [4.69, 9.17) is 17.3 Å². The zero-order valence-electron chi connectivity index (χ0n) is 6.83. The fraction of sp³-hybridized carbons (Fsp3) is 0.375. The first kappa shape index (κ1) is 9.84. The van der Waals surface area contributed by atoms with Crippen LogP contribution in [0.4, 0.5) is 0 Å². The summed E-state index contributed by atoms with van der Waals surface area (Å²) in [5.41, 5.74) is 5.60. The predicted octanol–water partition coefficient (Wildman–Crippen LogP) is 2.17. The van der Waals surface area contributed by atoms with Gasteiger partial charge in [-0.25, -0.2) is 4.98 Å². The Morgan fingerprint density at radius 2 is 2.42 bits per heavy atom. The van der Waals surface area contributed by atoms with Crippen LogP contribution in [0.5, 0.6) is 0 Å². The van der Waals surface area contributed by atoms with Crippen LogP contribution in [0.1, 0.15) is 6.92 Å². The summed E-state index contributed by atoms with van der Waals surface area (Å²) >= 11 is 7.32. The van der Waals surface area contributed by atoms with E-state index in [1.165, 1.54) is 0 Å². The van der Waals surface area contributed by atoms with Gasteiger partial charge in [-0.15, -0.1) is 11.8 Å². The van der Waals surface area contributed by atoms with Crippen LogP contribution < -0.4 is 5.73 Å². The summed E-state index contributed by atoms with van der Waals surface area (Å²) in [6, 6.07) is 3.93. The summed E-state index contributed by atoms with van der Waals surface area (Å²) in [5.74, 6) is 0.884. The van der Waals surface area contributed by atoms with Gasteiger partial charge >= 0.3 is 0 Å². The molecule has 4 heteroatoms. The molecule has 2 N–H and O–H groups in total. The third-order valence-corrected chi connectivity index (χ3v) is 2.65. The Balaban J connectivity index is 2.48. The standard InChI is InChI=1S/C8H11ClN2S/c1-6(10)5-12-8-3-2-7(9)4-11-8/h2-4,6H,5,10H2,1H3/t6-/m0/s1. The lowest BCUT2D eigenvalue weighted by atomic mass is 10.4. The molecule has 1 heterocycles. The molecule has 0 saturated carbocycles. The summed E-state index contributed by atoms with van der Waals surface area (Å²) in [6.07, 6.45) is 1.64. The second-order valence-electron chi connectivity index (χ2n) is 2.60. The molecule has 1 rings (SSSR count). The number of aromatic nitrogens is 1. The van der Waals surface area contributed by atoms with Gasteiger partial charge in [0.1, 0.15) is 0 Å². The summed E-state index contributed by atoms with van der Waals surface area (Å²) in [7, 11) is 0. The first-order valence-corrected chi connectivity index (χ1v) is 5.05. The van der Waals surface area contributed by atoms with Crippen molar-refractivity contribution in [1.29, 1.82) is 0 Å². The van der Waals surface area contributed by atoms with Crippen molar-refractivity contribution in [3.63, 3.8) is 0 Å². The monoisotopic (exact) mass is 202 g/mol. The van der Waals surface area contributed by atoms with Crippen LogP contribution in [-0.4, -0.2) is 16.8 Å². The molecule has 66 valence electrons. The Bertz CT molecular complexity index is 235. The molecule has 2 nitrogen and oxygen atoms in total. The van der Waals surface area contributed by atoms with Crippen LogP contribution >= 0.6 is 23.4 Å². The molecule has 1 aromatic heterocycles. The van der Waals surface area contributed by atoms with Crippen molar-refractivity contribution in [2.24, 2.45) is 5.73 Å². The van der Waals surface area contributed by atoms with Crippen molar-refractivity contribution in [2.45, 2.75) is 18.0 Å². The molecule has 0 aliphatic rings. The number of halogens is 1. The maximum atomic E-state index is 5.68. The number of nitrogens with zero attached hydrogens (tertiary/aromatic N) is 1. The van der Waals surface area contributed by atoms with Crippen LogP contribution in [0.2, 0.25) is 5.02 Å². The third-order valence-electron chi connectivity index (χ3n) is 1.19. The second-order valence-corrected chi connectivity index (χ2v) is 4.08. The van der Waals surface area contributed by atoms with E-state index in [2.05, 4.69) is 4.98 Å². The van der Waals surface area contributed by atoms with Crippen molar-refractivity contribution >= 4 is 23.4 Å². The Kier molecular flexibility index (Phi) is 3.85. The predicted molar refractivity (Wildman–Crippen MR) is 53.6 cm³/mol. The molecule has 0 amide bonds. The SMILES string of the molecule is C[C@H](N)CSc1ccc(Cl)cn1. The molecule has 0 bridgehead atoms. The molecule has 0 unspecified atom stereocenters. The molecule has 0 spiro atoms. The molecule has 0 saturated heterocycles. The van der Waals surface area contributed by atoms with Crippen molar-refractivity contribution in [3.05, 3.63) is 23.4 Å². The number of nitrogens with two attached hydrogens (primary N) is 1. The van der Waals surface area contributed by atoms with E-state index < -0.39 is 0 Å². The van der Waals surface area contributed by atoms with Crippen LogP contribution in [0.25, 0.3) is 0 Å². The molecule has 0 aliphatic heterocycles. The highest BCUT2D eigenvalue weighted by Gasteiger charge is 1.97. The number of thioether (sulfide) groups is 1. The van der Waals surface area contributed by atoms with Crippen LogP contribution in [0.15, 0.2) is 23.4 Å². The lowest BCUT2D eigenvalue weighted by Crippen LogP contribution is -2.17. The van der Waals surface area contributed by atoms with Gasteiger partial charge in [0.05, 0.1) is 10.0 Å². The molecular formula is C8H11ClN2S. The third kappa shape index (κ3) is 3.43. The summed E-state index contributed by atoms with van der Waals surface area (Å²) < 4.78 is 0. The summed E-state index contributed by atoms with van der Waals surface area (Å²) in [6.45, 7) is 1.98. The smallest absolute Gasteiger partial charge is 0.0961 e. The molecule has 0 fully saturated rings. The number of hydrogen-bond acceptors (Lipinski definition) is 3. The highest BCUT2D eigenvalue weighted by molar-refractivity contribution is 7.99. The fourth-order valence-corrected chi connectivity index (χ4v) is 1.50. The van der Waals surface area contributed by atoms with Gasteiger partial charge in [0.25, 0.3) is 0 Å². The molecule has 1 aromatic rings. The van der Waals surface area contributed by atoms with Gasteiger partial charge < -0.3 is 5.73 Å². The molecule has 0 aliphatic carbocycles. The Hall–Kier alpha value is -0.250. The van der Waals surface area contributed by atoms with E-state index in [1.54, 1.807) is 18.0 Å². The molecule has 1 atom stereocenters. The van der Waals surface area contributed by atoms with Gasteiger partial charge in [0.15, 0.2) is 0 Å². The Morgan fingerprint density at radius 3 is 2.92 bits per heavy atom. The lowest BCUT2D eigenvalue weighted by molar-refractivity contribution is 0.846. The summed E-state index contributed by atoms with van der Waals surface area (Å²) in [4.78, 5) is 4.13. The van der Waals surface area contributed by atoms with Crippen LogP contribution in [-0.2, 0) is 0 Å². The van der Waals surface area contributed by atoms with Crippen molar-refractivity contribution in [3.8, 4) is 0 Å². The fourth-order valence-electron chi connectivity index (χ4n) is 0.664. The van der Waals surface area contributed by atoms with Gasteiger partial charge in [-0.1, -0.05) is 11.6 Å². The lowest BCUT2D eigenvalue weighted by Gasteiger charge is -2.03. The highest BCUT2D eigenvalue weighted by Crippen LogP contribution is 2.17. The largest absolute Gasteiger partial charge is 0.327 e. The quantitative estimate of drug-likeness (QED) is 0.764. The van der Waals surface area contributed by atoms with Crippen molar-refractivity contribution < 1.29 is 0 Å². The van der Waals surface area contributed by atoms with E-state index in [1.807, 2.05) is 19.1 Å². The van der Waals surface area contributed by atoms with E-state index in [9.17, 15) is 0 Å². The number of pyridine rings is 1. The van der Waals surface area contributed by atoms with Gasteiger partial charge in [-0.05, 0) is 19.1 Å². The first-order chi connectivity index (χ1) is 5.68. The maximum Gasteiger partial charge on any atom is 0.0961 e. The molecular weight excluding hydrogens is 192 g/mol. The van der Waals surface area contributed by atoms with E-state index >= 15 is 0 Å². The average molecular weight is 203 g/mol. The van der Waals surface area contributed by atoms with E-state index in [0.29, 0.717) is 5.02 Å². The Labute approximate surface area is 81.5 Å². The van der Waals surface area contributed by atoms with Gasteiger partial charge in [0.2, 0.25) is 0 Å². The highest BCUT2D eigenvalue weighted by atomic mass is 35.5. The van der Waals surface area contributed by atoms with Gasteiger partial charge in [-0.3, -0.25) is 0 Å². The Morgan fingerprint density at radius 1 is 1.67 bits per heavy atom. The zero-order valence-corrected chi connectivity index (χ0v) is 8.40. The minimum atomic E-state index is 0.201. The summed E-state index contributed by atoms with van der Waals surface area (Å²) in [5, 5.41) is 1.64. The normalized spacial score (nSPS) is 12.9. The van der Waals surface area contributed by atoms with Crippen LogP contribution in [0.3, 0.4) is 0 Å². The van der Waals surface area contributed by atoms with Crippen molar-refractivity contribution in [2.75, 3.05) is 5.75 Å². The molecule has 0 radical (unpaired) electrons. The average Bonchev–Trinajstić information content (AvgIpc) is 2.03. The molecule has 0 aromatic carbocycles. The minimum absolute atomic E-state index is 0.201. The van der Waals surface area contributed by atoms with Crippen molar-refractivity contribution in [1.82, 2.24) is 4.98 Å². The molecule has 12 heavy (non-hydrogen) atoms. The maximum absolute atomic E-state index is 5.68. The van der Waals surface area contributed by atoms with E-state index in [0.717, 1.165) is 10.8 Å². The number of hydrogen-bond donors (Lipinski definition) is 1. The van der Waals surface area contributed by atoms with Gasteiger partial charge in [-0.2, -0.15) is 0 Å². The second kappa shape index (κ2) is 4.70.